The van der Waals surface area contributed by atoms with Crippen LogP contribution in [0.2, 0.25) is 5.02 Å². The number of halogens is 1. The number of carbonyl (C=O) groups is 2. The molecule has 3 aromatic rings. The molecule has 0 aliphatic carbocycles. The Bertz CT molecular complexity index is 1040. The van der Waals surface area contributed by atoms with Crippen LogP contribution in [0.3, 0.4) is 0 Å². The molecule has 0 fully saturated rings. The highest BCUT2D eigenvalue weighted by molar-refractivity contribution is 6.33. The Morgan fingerprint density at radius 3 is 2.10 bits per heavy atom. The summed E-state index contributed by atoms with van der Waals surface area (Å²) in [6.45, 7) is 1.93. The van der Waals surface area contributed by atoms with Gasteiger partial charge in [0, 0.05) is 5.56 Å². The molecule has 0 saturated heterocycles. The third-order valence-corrected chi connectivity index (χ3v) is 4.23. The molecule has 0 unspecified atom stereocenters. The fourth-order valence-electron chi connectivity index (χ4n) is 2.32. The summed E-state index contributed by atoms with van der Waals surface area (Å²) >= 11 is 6.00. The van der Waals surface area contributed by atoms with Crippen molar-refractivity contribution in [3.63, 3.8) is 0 Å². The number of nitrogen functional groups attached to an aromatic ring is 1. The van der Waals surface area contributed by atoms with Gasteiger partial charge in [-0.25, -0.2) is 9.97 Å². The summed E-state index contributed by atoms with van der Waals surface area (Å²) < 4.78 is 0. The minimum Gasteiger partial charge on any atom is -0.393 e. The van der Waals surface area contributed by atoms with Crippen molar-refractivity contribution in [2.75, 3.05) is 16.6 Å². The van der Waals surface area contributed by atoms with Crippen LogP contribution in [0.15, 0.2) is 54.9 Å². The number of aromatic nitrogens is 2. The fraction of sp³-hybridized carbons (Fsp3) is 0.0526. The van der Waals surface area contributed by atoms with Crippen LogP contribution in [0.4, 0.5) is 17.3 Å². The second kappa shape index (κ2) is 8.89. The molecule has 2 aromatic carbocycles. The van der Waals surface area contributed by atoms with Crippen LogP contribution in [-0.4, -0.2) is 21.8 Å². The molecule has 0 saturated carbocycles. The number of anilines is 3. The van der Waals surface area contributed by atoms with Gasteiger partial charge < -0.3 is 5.73 Å². The number of benzene rings is 2. The number of aryl methyl sites for hydroxylation is 1. The molecule has 29 heavy (non-hydrogen) atoms. The predicted molar refractivity (Wildman–Crippen MR) is 111 cm³/mol. The third-order valence-electron chi connectivity index (χ3n) is 3.91. The molecule has 0 bridgehead atoms. The van der Waals surface area contributed by atoms with E-state index in [1.807, 2.05) is 19.1 Å². The maximum Gasteiger partial charge on any atom is 0.271 e. The number of rotatable bonds is 6. The summed E-state index contributed by atoms with van der Waals surface area (Å²) in [6.07, 6.45) is 1.22. The van der Waals surface area contributed by atoms with Gasteiger partial charge in [0.15, 0.2) is 11.6 Å². The maximum atomic E-state index is 12.2. The van der Waals surface area contributed by atoms with Gasteiger partial charge in [-0.3, -0.25) is 31.3 Å². The number of hydrazine groups is 2. The third kappa shape index (κ3) is 4.90. The van der Waals surface area contributed by atoms with E-state index in [4.69, 9.17) is 17.3 Å². The predicted octanol–water partition coefficient (Wildman–Crippen LogP) is 2.53. The summed E-state index contributed by atoms with van der Waals surface area (Å²) in [4.78, 5) is 32.4. The van der Waals surface area contributed by atoms with E-state index in [2.05, 4.69) is 31.7 Å². The van der Waals surface area contributed by atoms with Gasteiger partial charge in [0.05, 0.1) is 10.6 Å². The molecule has 0 radical (unpaired) electrons. The van der Waals surface area contributed by atoms with E-state index in [1.54, 1.807) is 36.4 Å². The molecule has 6 N–H and O–H groups in total. The lowest BCUT2D eigenvalue weighted by Gasteiger charge is -2.14. The molecule has 0 atom stereocenters. The van der Waals surface area contributed by atoms with Crippen molar-refractivity contribution in [1.29, 1.82) is 0 Å². The second-order valence-corrected chi connectivity index (χ2v) is 6.40. The van der Waals surface area contributed by atoms with Gasteiger partial charge in [-0.15, -0.1) is 0 Å². The second-order valence-electron chi connectivity index (χ2n) is 5.99. The minimum absolute atomic E-state index is 0.0937. The molecule has 1 heterocycles. The average molecular weight is 412 g/mol. The molecule has 0 aliphatic heterocycles. The van der Waals surface area contributed by atoms with Gasteiger partial charge >= 0.3 is 0 Å². The molecule has 10 heteroatoms. The van der Waals surface area contributed by atoms with E-state index in [1.165, 1.54) is 6.33 Å². The van der Waals surface area contributed by atoms with Crippen LogP contribution < -0.4 is 27.4 Å². The normalized spacial score (nSPS) is 10.1. The zero-order valence-corrected chi connectivity index (χ0v) is 16.1. The Labute approximate surface area is 171 Å². The van der Waals surface area contributed by atoms with Crippen molar-refractivity contribution in [2.45, 2.75) is 6.92 Å². The van der Waals surface area contributed by atoms with Crippen LogP contribution in [0, 0.1) is 6.92 Å². The first kappa shape index (κ1) is 19.9. The highest BCUT2D eigenvalue weighted by Gasteiger charge is 2.13. The first-order valence-electron chi connectivity index (χ1n) is 8.50. The van der Waals surface area contributed by atoms with Gasteiger partial charge in [0.25, 0.3) is 11.8 Å². The molecule has 0 spiro atoms. The first-order chi connectivity index (χ1) is 14.0. The van der Waals surface area contributed by atoms with E-state index in [0.29, 0.717) is 10.6 Å². The molecular formula is C19H18ClN7O2. The van der Waals surface area contributed by atoms with Gasteiger partial charge in [-0.1, -0.05) is 41.4 Å². The van der Waals surface area contributed by atoms with Crippen molar-refractivity contribution in [1.82, 2.24) is 20.8 Å². The minimum atomic E-state index is -0.462. The van der Waals surface area contributed by atoms with Crippen LogP contribution in [0.5, 0.6) is 0 Å². The van der Waals surface area contributed by atoms with Crippen LogP contribution >= 0.6 is 11.6 Å². The largest absolute Gasteiger partial charge is 0.393 e. The monoisotopic (exact) mass is 411 g/mol. The van der Waals surface area contributed by atoms with Gasteiger partial charge in [-0.2, -0.15) is 0 Å². The molecule has 2 amide bonds. The highest BCUT2D eigenvalue weighted by Crippen LogP contribution is 2.21. The summed E-state index contributed by atoms with van der Waals surface area (Å²) in [5.41, 5.74) is 18.1. The van der Waals surface area contributed by atoms with E-state index in [0.717, 1.165) is 5.56 Å². The topological polar surface area (TPSA) is 134 Å². The standard InChI is InChI=1S/C19H18ClN7O2/c1-11-6-8-12(9-7-11)18(28)26-24-16-15(21)17(23-10-22-16)25-27-19(29)13-4-2-3-5-14(13)20/h2-10H,21H2,1H3,(H,26,28)(H,27,29)(H2,22,23,24,25). The molecule has 1 aromatic heterocycles. The summed E-state index contributed by atoms with van der Waals surface area (Å²) in [6, 6.07) is 13.7. The number of amides is 2. The van der Waals surface area contributed by atoms with Crippen molar-refractivity contribution >= 4 is 40.7 Å². The Morgan fingerprint density at radius 2 is 1.48 bits per heavy atom. The number of nitrogens with zero attached hydrogens (tertiary/aromatic N) is 2. The lowest BCUT2D eigenvalue weighted by atomic mass is 10.1. The lowest BCUT2D eigenvalue weighted by molar-refractivity contribution is 0.0954. The van der Waals surface area contributed by atoms with Crippen molar-refractivity contribution in [2.24, 2.45) is 0 Å². The molecule has 9 nitrogen and oxygen atoms in total. The van der Waals surface area contributed by atoms with Crippen LogP contribution in [0.25, 0.3) is 0 Å². The summed E-state index contributed by atoms with van der Waals surface area (Å²) in [5.74, 6) is -0.511. The average Bonchev–Trinajstić information content (AvgIpc) is 2.72. The number of hydrogen-bond donors (Lipinski definition) is 5. The van der Waals surface area contributed by atoms with E-state index < -0.39 is 5.91 Å². The lowest BCUT2D eigenvalue weighted by Crippen LogP contribution is -2.32. The molecule has 3 rings (SSSR count). The maximum absolute atomic E-state index is 12.2. The van der Waals surface area contributed by atoms with Crippen LogP contribution in [0.1, 0.15) is 26.3 Å². The van der Waals surface area contributed by atoms with E-state index in [-0.39, 0.29) is 28.8 Å². The smallest absolute Gasteiger partial charge is 0.271 e. The van der Waals surface area contributed by atoms with E-state index >= 15 is 0 Å². The zero-order chi connectivity index (χ0) is 20.8. The molecule has 0 aliphatic rings. The number of hydrogen-bond acceptors (Lipinski definition) is 7. The van der Waals surface area contributed by atoms with Gasteiger partial charge in [0.2, 0.25) is 0 Å². The quantitative estimate of drug-likeness (QED) is 0.393. The first-order valence-corrected chi connectivity index (χ1v) is 8.88. The number of nitrogens with two attached hydrogens (primary N) is 1. The van der Waals surface area contributed by atoms with Crippen LogP contribution in [-0.2, 0) is 0 Å². The SMILES string of the molecule is Cc1ccc(C(=O)NNc2ncnc(NNC(=O)c3ccccc3Cl)c2N)cc1. The van der Waals surface area contributed by atoms with Crippen molar-refractivity contribution < 1.29 is 9.59 Å². The van der Waals surface area contributed by atoms with Gasteiger partial charge in [0.1, 0.15) is 12.0 Å². The Kier molecular flexibility index (Phi) is 6.10. The van der Waals surface area contributed by atoms with Crippen molar-refractivity contribution in [3.05, 3.63) is 76.6 Å². The summed E-state index contributed by atoms with van der Waals surface area (Å²) in [7, 11) is 0. The zero-order valence-electron chi connectivity index (χ0n) is 15.4. The molecular weight excluding hydrogens is 394 g/mol. The Morgan fingerprint density at radius 1 is 0.897 bits per heavy atom. The fourth-order valence-corrected chi connectivity index (χ4v) is 2.54. The Hall–Kier alpha value is -3.85. The van der Waals surface area contributed by atoms with Crippen molar-refractivity contribution in [3.8, 4) is 0 Å². The molecule has 148 valence electrons. The van der Waals surface area contributed by atoms with E-state index in [9.17, 15) is 9.59 Å². The summed E-state index contributed by atoms with van der Waals surface area (Å²) in [5, 5.41) is 0.309. The number of nitrogens with one attached hydrogen (secondary N) is 4. The van der Waals surface area contributed by atoms with Gasteiger partial charge in [-0.05, 0) is 31.2 Å². The highest BCUT2D eigenvalue weighted by atomic mass is 35.5. The number of carbonyl (C=O) groups excluding carboxylic acids is 2. The Balaban J connectivity index is 1.63.